The van der Waals surface area contributed by atoms with Crippen LogP contribution in [0, 0.1) is 17.8 Å². The summed E-state index contributed by atoms with van der Waals surface area (Å²) < 4.78 is 12.1. The van der Waals surface area contributed by atoms with Crippen LogP contribution in [-0.2, 0) is 25.5 Å². The van der Waals surface area contributed by atoms with Gasteiger partial charge >= 0.3 is 0 Å². The maximum atomic E-state index is 14.0. The Morgan fingerprint density at radius 2 is 2.00 bits per heavy atom. The molecule has 1 aromatic heterocycles. The summed E-state index contributed by atoms with van der Waals surface area (Å²) in [6.45, 7) is 3.86. The van der Waals surface area contributed by atoms with Gasteiger partial charge in [-0.05, 0) is 37.5 Å². The quantitative estimate of drug-likeness (QED) is 0.650. The average Bonchev–Trinajstić information content (AvgIpc) is 3.63. The Morgan fingerprint density at radius 1 is 1.20 bits per heavy atom. The molecule has 7 nitrogen and oxygen atoms in total. The monoisotopic (exact) mass is 474 g/mol. The van der Waals surface area contributed by atoms with Gasteiger partial charge in [-0.3, -0.25) is 14.4 Å². The van der Waals surface area contributed by atoms with Crippen molar-refractivity contribution in [1.82, 2.24) is 10.2 Å². The van der Waals surface area contributed by atoms with Crippen LogP contribution in [0.4, 0.5) is 0 Å². The third-order valence-corrected chi connectivity index (χ3v) is 8.35. The molecule has 1 aromatic carbocycles. The Hall–Kier alpha value is -3.19. The van der Waals surface area contributed by atoms with E-state index in [1.54, 1.807) is 23.3 Å². The molecule has 2 aromatic rings. The van der Waals surface area contributed by atoms with Crippen molar-refractivity contribution in [2.24, 2.45) is 17.8 Å². The van der Waals surface area contributed by atoms with E-state index in [2.05, 4.69) is 17.4 Å². The molecule has 7 heteroatoms. The van der Waals surface area contributed by atoms with Crippen molar-refractivity contribution in [3.8, 4) is 0 Å². The summed E-state index contributed by atoms with van der Waals surface area (Å²) in [5, 5.41) is 3.14. The van der Waals surface area contributed by atoms with Gasteiger partial charge in [-0.25, -0.2) is 0 Å². The average molecular weight is 475 g/mol. The fourth-order valence-corrected chi connectivity index (χ4v) is 6.70. The molecule has 35 heavy (non-hydrogen) atoms. The van der Waals surface area contributed by atoms with E-state index >= 15 is 0 Å². The highest BCUT2D eigenvalue weighted by atomic mass is 16.5. The molecule has 5 heterocycles. The molecule has 0 aliphatic carbocycles. The second kappa shape index (κ2) is 8.19. The van der Waals surface area contributed by atoms with Gasteiger partial charge in [-0.1, -0.05) is 49.4 Å². The number of carbonyl (C=O) groups is 3. The van der Waals surface area contributed by atoms with E-state index < -0.39 is 35.6 Å². The lowest BCUT2D eigenvalue weighted by Crippen LogP contribution is -2.55. The van der Waals surface area contributed by atoms with E-state index in [4.69, 9.17) is 9.15 Å². The molecule has 8 atom stereocenters. The summed E-state index contributed by atoms with van der Waals surface area (Å²) >= 11 is 0. The van der Waals surface area contributed by atoms with Crippen LogP contribution in [0.3, 0.4) is 0 Å². The largest absolute Gasteiger partial charge is 0.467 e. The Kier molecular flexibility index (Phi) is 5.22. The first-order chi connectivity index (χ1) is 16.9. The summed E-state index contributed by atoms with van der Waals surface area (Å²) in [6, 6.07) is 12.8. The number of hydrogen-bond donors (Lipinski definition) is 1. The highest BCUT2D eigenvalue weighted by Gasteiger charge is 2.74. The second-order valence-corrected chi connectivity index (χ2v) is 10.4. The number of ketones is 1. The van der Waals surface area contributed by atoms with Gasteiger partial charge in [0.05, 0.1) is 36.3 Å². The summed E-state index contributed by atoms with van der Waals surface area (Å²) in [5.41, 5.74) is 0.265. The number of amides is 2. The predicted octanol–water partition coefficient (Wildman–Crippen LogP) is 3.22. The number of fused-ring (bicyclic) bond motifs is 2. The number of piperidine rings is 1. The van der Waals surface area contributed by atoms with Crippen LogP contribution in [0.1, 0.15) is 44.1 Å². The van der Waals surface area contributed by atoms with E-state index in [9.17, 15) is 14.4 Å². The number of rotatable bonds is 6. The standard InChI is InChI=1S/C28H30N2O5/c1-16(10-11-18-7-4-3-5-8-18)29-26(32)23-22-12-13-28(35-22)24(23)27(33)30-19(21-9-6-14-34-21)15-20(31)17(2)25(28)30/h3-9,12-14,16-17,19,22-25H,10-11,15H2,1-2H3,(H,29,32)/t16?,17?,19?,22-,23?,24?,25?,28-/m1/s1. The van der Waals surface area contributed by atoms with Gasteiger partial charge in [0.2, 0.25) is 11.8 Å². The fraction of sp³-hybridized carbons (Fsp3) is 0.464. The van der Waals surface area contributed by atoms with Gasteiger partial charge in [-0.15, -0.1) is 0 Å². The third kappa shape index (κ3) is 3.32. The van der Waals surface area contributed by atoms with Crippen molar-refractivity contribution in [3.63, 3.8) is 0 Å². The molecule has 0 saturated carbocycles. The Bertz CT molecular complexity index is 1180. The highest BCUT2D eigenvalue weighted by molar-refractivity contribution is 5.96. The number of aryl methyl sites for hydroxylation is 1. The minimum atomic E-state index is -0.961. The van der Waals surface area contributed by atoms with Gasteiger partial charge in [0.15, 0.2) is 0 Å². The first-order valence-corrected chi connectivity index (χ1v) is 12.5. The van der Waals surface area contributed by atoms with Crippen molar-refractivity contribution in [2.75, 3.05) is 0 Å². The first kappa shape index (κ1) is 22.3. The highest BCUT2D eigenvalue weighted by Crippen LogP contribution is 2.59. The SMILES string of the molecule is CC(CCc1ccccc1)NC(=O)C1C2C(=O)N3C(c4ccco4)CC(=O)C(C)C3[C@@]23C=C[C@H]1O3. The van der Waals surface area contributed by atoms with Gasteiger partial charge in [0.25, 0.3) is 0 Å². The molecule has 0 radical (unpaired) electrons. The number of hydrogen-bond acceptors (Lipinski definition) is 5. The van der Waals surface area contributed by atoms with Crippen molar-refractivity contribution >= 4 is 17.6 Å². The van der Waals surface area contributed by atoms with Crippen LogP contribution in [0.2, 0.25) is 0 Å². The zero-order valence-corrected chi connectivity index (χ0v) is 19.9. The lowest BCUT2D eigenvalue weighted by atomic mass is 9.70. The second-order valence-electron chi connectivity index (χ2n) is 10.4. The summed E-state index contributed by atoms with van der Waals surface area (Å²) in [5.74, 6) is -1.25. The minimum absolute atomic E-state index is 0.0442. The molecule has 1 N–H and O–H groups in total. The summed E-state index contributed by atoms with van der Waals surface area (Å²) in [7, 11) is 0. The number of ether oxygens (including phenoxy) is 1. The van der Waals surface area contributed by atoms with Gasteiger partial charge in [-0.2, -0.15) is 0 Å². The maximum absolute atomic E-state index is 14.0. The lowest BCUT2D eigenvalue weighted by Gasteiger charge is -2.43. The summed E-state index contributed by atoms with van der Waals surface area (Å²) in [6.07, 6.45) is 6.80. The molecule has 4 aliphatic rings. The summed E-state index contributed by atoms with van der Waals surface area (Å²) in [4.78, 5) is 42.3. The van der Waals surface area contributed by atoms with E-state index in [1.165, 1.54) is 5.56 Å². The molecule has 3 fully saturated rings. The Balaban J connectivity index is 1.25. The number of Topliss-reactive ketones (excluding diaryl/α,β-unsaturated/α-hetero) is 1. The van der Waals surface area contributed by atoms with Crippen LogP contribution in [0.5, 0.6) is 0 Å². The number of nitrogens with zero attached hydrogens (tertiary/aromatic N) is 1. The molecule has 1 spiro atoms. The fourth-order valence-electron chi connectivity index (χ4n) is 6.70. The molecule has 6 unspecified atom stereocenters. The van der Waals surface area contributed by atoms with E-state index in [0.29, 0.717) is 5.76 Å². The third-order valence-electron chi connectivity index (χ3n) is 8.35. The van der Waals surface area contributed by atoms with Crippen molar-refractivity contribution in [3.05, 3.63) is 72.2 Å². The molecule has 182 valence electrons. The van der Waals surface area contributed by atoms with Crippen LogP contribution in [0.25, 0.3) is 0 Å². The minimum Gasteiger partial charge on any atom is -0.467 e. The predicted molar refractivity (Wildman–Crippen MR) is 127 cm³/mol. The molecule has 6 rings (SSSR count). The molecule has 2 amide bonds. The van der Waals surface area contributed by atoms with Gasteiger partial charge in [0, 0.05) is 18.4 Å². The van der Waals surface area contributed by atoms with E-state index in [1.807, 2.05) is 44.2 Å². The molecule has 3 saturated heterocycles. The van der Waals surface area contributed by atoms with Crippen molar-refractivity contribution in [1.29, 1.82) is 0 Å². The van der Waals surface area contributed by atoms with Crippen LogP contribution >= 0.6 is 0 Å². The van der Waals surface area contributed by atoms with Gasteiger partial charge in [0.1, 0.15) is 17.1 Å². The molecular formula is C28H30N2O5. The Labute approximate surface area is 204 Å². The number of furan rings is 1. The normalized spacial score (nSPS) is 35.8. The van der Waals surface area contributed by atoms with E-state index in [-0.39, 0.29) is 36.0 Å². The zero-order chi connectivity index (χ0) is 24.3. The molecule has 2 bridgehead atoms. The lowest BCUT2D eigenvalue weighted by molar-refractivity contribution is -0.148. The molecule has 4 aliphatic heterocycles. The van der Waals surface area contributed by atoms with E-state index in [0.717, 1.165) is 12.8 Å². The van der Waals surface area contributed by atoms with Crippen LogP contribution < -0.4 is 5.32 Å². The Morgan fingerprint density at radius 3 is 2.74 bits per heavy atom. The topological polar surface area (TPSA) is 88.9 Å². The zero-order valence-electron chi connectivity index (χ0n) is 19.9. The smallest absolute Gasteiger partial charge is 0.230 e. The van der Waals surface area contributed by atoms with Gasteiger partial charge < -0.3 is 19.4 Å². The number of nitrogens with one attached hydrogen (secondary N) is 1. The van der Waals surface area contributed by atoms with Crippen molar-refractivity contribution in [2.45, 2.75) is 62.9 Å². The number of carbonyl (C=O) groups excluding carboxylic acids is 3. The maximum Gasteiger partial charge on any atom is 0.230 e. The first-order valence-electron chi connectivity index (χ1n) is 12.5. The van der Waals surface area contributed by atoms with Crippen LogP contribution in [0.15, 0.2) is 65.3 Å². The van der Waals surface area contributed by atoms with Crippen LogP contribution in [-0.4, -0.2) is 46.3 Å². The van der Waals surface area contributed by atoms with Crippen molar-refractivity contribution < 1.29 is 23.5 Å². The number of benzene rings is 1. The molecular weight excluding hydrogens is 444 g/mol.